The molecule has 4 atom stereocenters. The molecule has 212 valence electrons. The molecule has 0 bridgehead atoms. The van der Waals surface area contributed by atoms with Crippen LogP contribution in [-0.2, 0) is 0 Å². The topological polar surface area (TPSA) is 36.3 Å². The van der Waals surface area contributed by atoms with Gasteiger partial charge in [-0.1, -0.05) is 37.6 Å². The van der Waals surface area contributed by atoms with E-state index in [1.54, 1.807) is 12.1 Å². The fraction of sp³-hybridized carbons (Fsp3) is 0.333. The second-order valence-corrected chi connectivity index (χ2v) is 12.4. The molecule has 8 heteroatoms. The van der Waals surface area contributed by atoms with Crippen LogP contribution in [0.25, 0.3) is 5.69 Å². The molecule has 4 aromatic rings. The summed E-state index contributed by atoms with van der Waals surface area (Å²) >= 11 is 13.0. The van der Waals surface area contributed by atoms with Gasteiger partial charge in [0.05, 0.1) is 28.5 Å². The average Bonchev–Trinajstić information content (AvgIpc) is 3.43. The molecular weight excluding hydrogens is 553 g/mol. The Labute approximate surface area is 252 Å². The summed E-state index contributed by atoms with van der Waals surface area (Å²) in [4.78, 5) is 9.26. The fourth-order valence-electron chi connectivity index (χ4n) is 6.81. The van der Waals surface area contributed by atoms with E-state index in [4.69, 9.17) is 28.8 Å². The minimum absolute atomic E-state index is 0.188. The zero-order chi connectivity index (χ0) is 28.8. The molecule has 0 amide bonds. The third-order valence-electron chi connectivity index (χ3n) is 8.37. The van der Waals surface area contributed by atoms with E-state index in [1.165, 1.54) is 12.5 Å². The maximum absolute atomic E-state index is 14.2. The van der Waals surface area contributed by atoms with Gasteiger partial charge >= 0.3 is 0 Å². The first-order chi connectivity index (χ1) is 19.7. The molecule has 0 unspecified atom stereocenters. The summed E-state index contributed by atoms with van der Waals surface area (Å²) in [6.45, 7) is 10.8. The Kier molecular flexibility index (Phi) is 7.51. The van der Waals surface area contributed by atoms with Crippen LogP contribution < -0.4 is 15.1 Å². The van der Waals surface area contributed by atoms with Crippen molar-refractivity contribution >= 4 is 40.3 Å². The van der Waals surface area contributed by atoms with Crippen LogP contribution in [0.15, 0.2) is 72.9 Å². The van der Waals surface area contributed by atoms with Gasteiger partial charge in [0.1, 0.15) is 5.82 Å². The number of piperidine rings is 1. The van der Waals surface area contributed by atoms with Crippen molar-refractivity contribution in [3.63, 3.8) is 0 Å². The lowest BCUT2D eigenvalue weighted by molar-refractivity contribution is 0.357. The fourth-order valence-corrected chi connectivity index (χ4v) is 7.45. The molecule has 2 aromatic heterocycles. The molecule has 0 saturated carbocycles. The molecule has 0 spiro atoms. The lowest BCUT2D eigenvalue weighted by Crippen LogP contribution is -2.38. The van der Waals surface area contributed by atoms with Crippen molar-refractivity contribution in [1.82, 2.24) is 14.9 Å². The predicted molar refractivity (Wildman–Crippen MR) is 170 cm³/mol. The van der Waals surface area contributed by atoms with Crippen LogP contribution in [0.2, 0.25) is 5.02 Å². The van der Waals surface area contributed by atoms with Crippen LogP contribution in [0.1, 0.15) is 55.0 Å². The highest BCUT2D eigenvalue weighted by atomic mass is 35.5. The van der Waals surface area contributed by atoms with Crippen molar-refractivity contribution in [3.05, 3.63) is 106 Å². The minimum atomic E-state index is -0.263. The zero-order valence-corrected chi connectivity index (χ0v) is 25.4. The van der Waals surface area contributed by atoms with E-state index in [1.807, 2.05) is 36.5 Å². The number of nitrogens with one attached hydrogen (secondary N) is 1. The zero-order valence-electron chi connectivity index (χ0n) is 23.8. The maximum atomic E-state index is 14.2. The van der Waals surface area contributed by atoms with Crippen LogP contribution in [0.5, 0.6) is 0 Å². The number of aryl methyl sites for hydroxylation is 1. The summed E-state index contributed by atoms with van der Waals surface area (Å²) in [5.41, 5.74) is 6.81. The summed E-state index contributed by atoms with van der Waals surface area (Å²) in [7, 11) is 0. The van der Waals surface area contributed by atoms with Crippen LogP contribution in [0.3, 0.4) is 0 Å². The number of rotatable bonds is 5. The SMILES string of the molecule is Cc1cc([C@@H]2[C@@H](c3ccccn3)NC(=S)N2c2ccc(N3C[C@H](C)C[C@H](C)C3)c(Cl)c2)c(C)n1-c1cccc(F)c1. The molecule has 2 aliphatic heterocycles. The third-order valence-corrected chi connectivity index (χ3v) is 8.99. The van der Waals surface area contributed by atoms with Crippen LogP contribution in [0.4, 0.5) is 15.8 Å². The largest absolute Gasteiger partial charge is 0.370 e. The van der Waals surface area contributed by atoms with Crippen molar-refractivity contribution in [1.29, 1.82) is 0 Å². The number of hydrogen-bond donors (Lipinski definition) is 1. The molecule has 2 aliphatic rings. The highest BCUT2D eigenvalue weighted by molar-refractivity contribution is 7.80. The van der Waals surface area contributed by atoms with Gasteiger partial charge in [-0.05, 0) is 104 Å². The quantitative estimate of drug-likeness (QED) is 0.240. The van der Waals surface area contributed by atoms with Crippen LogP contribution in [0, 0.1) is 31.5 Å². The van der Waals surface area contributed by atoms with Gasteiger partial charge < -0.3 is 19.7 Å². The highest BCUT2D eigenvalue weighted by Crippen LogP contribution is 2.45. The highest BCUT2D eigenvalue weighted by Gasteiger charge is 2.42. The number of nitrogens with zero attached hydrogens (tertiary/aromatic N) is 4. The molecule has 5 nitrogen and oxygen atoms in total. The summed E-state index contributed by atoms with van der Waals surface area (Å²) in [5, 5.41) is 4.89. The second kappa shape index (κ2) is 11.1. The Bertz CT molecular complexity index is 1580. The number of thiocarbonyl (C=S) groups is 1. The summed E-state index contributed by atoms with van der Waals surface area (Å²) in [6, 6.07) is 20.7. The Morgan fingerprint density at radius 1 is 0.951 bits per heavy atom. The average molecular weight is 588 g/mol. The summed E-state index contributed by atoms with van der Waals surface area (Å²) in [5.74, 6) is 0.990. The summed E-state index contributed by atoms with van der Waals surface area (Å²) < 4.78 is 16.3. The van der Waals surface area contributed by atoms with Crippen molar-refractivity contribution in [2.45, 2.75) is 46.2 Å². The van der Waals surface area contributed by atoms with Gasteiger partial charge in [0, 0.05) is 42.0 Å². The molecule has 2 aromatic carbocycles. The monoisotopic (exact) mass is 587 g/mol. The maximum Gasteiger partial charge on any atom is 0.174 e. The molecular formula is C33H35ClFN5S. The molecule has 6 rings (SSSR count). The van der Waals surface area contributed by atoms with Crippen molar-refractivity contribution < 1.29 is 4.39 Å². The van der Waals surface area contributed by atoms with Gasteiger partial charge in [0.15, 0.2) is 5.11 Å². The van der Waals surface area contributed by atoms with E-state index < -0.39 is 0 Å². The van der Waals surface area contributed by atoms with E-state index in [0.29, 0.717) is 16.9 Å². The molecule has 1 N–H and O–H groups in total. The molecule has 4 heterocycles. The van der Waals surface area contributed by atoms with E-state index in [9.17, 15) is 4.39 Å². The van der Waals surface area contributed by atoms with Gasteiger partial charge in [0.2, 0.25) is 0 Å². The first kappa shape index (κ1) is 27.7. The number of hydrogen-bond acceptors (Lipinski definition) is 3. The third kappa shape index (κ3) is 5.22. The molecule has 2 saturated heterocycles. The first-order valence-electron chi connectivity index (χ1n) is 14.2. The number of pyridine rings is 1. The molecule has 2 fully saturated rings. The Morgan fingerprint density at radius 3 is 2.41 bits per heavy atom. The number of aromatic nitrogens is 2. The van der Waals surface area contributed by atoms with Gasteiger partial charge in [-0.2, -0.15) is 0 Å². The Morgan fingerprint density at radius 2 is 1.73 bits per heavy atom. The first-order valence-corrected chi connectivity index (χ1v) is 15.0. The Hall–Kier alpha value is -3.42. The normalized spacial score (nSPS) is 22.7. The number of anilines is 2. The number of halogens is 2. The van der Waals surface area contributed by atoms with Crippen molar-refractivity contribution in [3.8, 4) is 5.69 Å². The molecule has 0 aliphatic carbocycles. The van der Waals surface area contributed by atoms with Gasteiger partial charge in [-0.15, -0.1) is 0 Å². The predicted octanol–water partition coefficient (Wildman–Crippen LogP) is 7.94. The number of benzene rings is 2. The van der Waals surface area contributed by atoms with E-state index in [-0.39, 0.29) is 17.9 Å². The lowest BCUT2D eigenvalue weighted by Gasteiger charge is -2.37. The lowest BCUT2D eigenvalue weighted by atomic mass is 9.91. The van der Waals surface area contributed by atoms with Crippen molar-refractivity contribution in [2.24, 2.45) is 11.8 Å². The van der Waals surface area contributed by atoms with Crippen LogP contribution >= 0.6 is 23.8 Å². The van der Waals surface area contributed by atoms with Crippen LogP contribution in [-0.4, -0.2) is 27.8 Å². The standard InChI is InChI=1S/C33H35ClFN5S/c1-20-14-21(2)19-38(18-20)30-12-11-26(17-28(30)34)40-32(31(37-33(40)41)29-10-5-6-13-36-29)27-15-22(3)39(23(27)4)25-9-7-8-24(35)16-25/h5-13,15-17,20-21,31-32H,14,18-19H2,1-4H3,(H,37,41)/t20-,21+,31-,32-/m1/s1. The van der Waals surface area contributed by atoms with Gasteiger partial charge in [-0.25, -0.2) is 4.39 Å². The smallest absolute Gasteiger partial charge is 0.174 e. The van der Waals surface area contributed by atoms with E-state index in [2.05, 4.69) is 65.6 Å². The van der Waals surface area contributed by atoms with E-state index in [0.717, 1.165) is 57.8 Å². The second-order valence-electron chi connectivity index (χ2n) is 11.6. The summed E-state index contributed by atoms with van der Waals surface area (Å²) in [6.07, 6.45) is 3.05. The molecule has 0 radical (unpaired) electrons. The van der Waals surface area contributed by atoms with Crippen molar-refractivity contribution in [2.75, 3.05) is 22.9 Å². The van der Waals surface area contributed by atoms with Gasteiger partial charge in [-0.3, -0.25) is 4.98 Å². The van der Waals surface area contributed by atoms with E-state index >= 15 is 0 Å². The minimum Gasteiger partial charge on any atom is -0.370 e. The molecule has 41 heavy (non-hydrogen) atoms. The van der Waals surface area contributed by atoms with Gasteiger partial charge in [0.25, 0.3) is 0 Å². The Balaban J connectivity index is 1.44.